The lowest BCUT2D eigenvalue weighted by Crippen LogP contribution is -2.43. The van der Waals surface area contributed by atoms with E-state index in [0.717, 1.165) is 57.1 Å². The number of hydrogen-bond donors (Lipinski definition) is 2. The third-order valence-corrected chi connectivity index (χ3v) is 6.00. The van der Waals surface area contributed by atoms with Crippen LogP contribution in [0.1, 0.15) is 57.1 Å². The molecular formula is C22H36IN3O4. The quantitative estimate of drug-likeness (QED) is 0.317. The van der Waals surface area contributed by atoms with Crippen LogP contribution in [0.15, 0.2) is 27.8 Å². The van der Waals surface area contributed by atoms with Gasteiger partial charge < -0.3 is 29.3 Å². The fourth-order valence-corrected chi connectivity index (χ4v) is 4.36. The van der Waals surface area contributed by atoms with Gasteiger partial charge in [-0.25, -0.2) is 0 Å². The molecule has 1 aromatic heterocycles. The van der Waals surface area contributed by atoms with E-state index in [1.807, 2.05) is 12.1 Å². The Hall–Kier alpha value is -0.840. The highest BCUT2D eigenvalue weighted by Gasteiger charge is 2.42. The molecule has 0 bridgehead atoms. The Kier molecular flexibility index (Phi) is 9.73. The maximum Gasteiger partial charge on any atom is 0.191 e. The summed E-state index contributed by atoms with van der Waals surface area (Å²) in [6.45, 7) is 3.63. The zero-order chi connectivity index (χ0) is 19.8. The van der Waals surface area contributed by atoms with Gasteiger partial charge in [0.05, 0.1) is 25.5 Å². The average molecular weight is 533 g/mol. The van der Waals surface area contributed by atoms with Crippen molar-refractivity contribution in [1.29, 1.82) is 0 Å². The van der Waals surface area contributed by atoms with Crippen LogP contribution in [0.3, 0.4) is 0 Å². The van der Waals surface area contributed by atoms with E-state index in [2.05, 4.69) is 10.6 Å². The Balaban J connectivity index is 0.00000256. The molecule has 3 heterocycles. The molecule has 2 N–H and O–H groups in total. The van der Waals surface area contributed by atoms with E-state index in [-0.39, 0.29) is 42.0 Å². The fraction of sp³-hybridized carbons (Fsp3) is 0.773. The van der Waals surface area contributed by atoms with Gasteiger partial charge in [-0.1, -0.05) is 6.42 Å². The topological polar surface area (TPSA) is 77.3 Å². The number of aliphatic imine (C=N–C) groups is 1. The lowest BCUT2D eigenvalue weighted by Gasteiger charge is -2.31. The first-order valence-corrected chi connectivity index (χ1v) is 11.3. The summed E-state index contributed by atoms with van der Waals surface area (Å²) in [7, 11) is 0. The summed E-state index contributed by atoms with van der Waals surface area (Å²) < 4.78 is 23.6. The van der Waals surface area contributed by atoms with Gasteiger partial charge in [-0.2, -0.15) is 0 Å². The first-order valence-electron chi connectivity index (χ1n) is 11.3. The van der Waals surface area contributed by atoms with Gasteiger partial charge in [0.1, 0.15) is 11.9 Å². The summed E-state index contributed by atoms with van der Waals surface area (Å²) >= 11 is 0. The molecular weight excluding hydrogens is 497 g/mol. The number of guanidine groups is 1. The van der Waals surface area contributed by atoms with Crippen LogP contribution in [0.5, 0.6) is 0 Å². The lowest BCUT2D eigenvalue weighted by atomic mass is 9.94. The molecule has 4 rings (SSSR count). The minimum atomic E-state index is -0.339. The van der Waals surface area contributed by atoms with Crippen molar-refractivity contribution in [3.63, 3.8) is 0 Å². The molecule has 170 valence electrons. The molecule has 2 unspecified atom stereocenters. The first-order chi connectivity index (χ1) is 14.3. The number of rotatable bonds is 7. The van der Waals surface area contributed by atoms with Gasteiger partial charge in [-0.15, -0.1) is 24.0 Å². The predicted molar refractivity (Wildman–Crippen MR) is 126 cm³/mol. The van der Waals surface area contributed by atoms with Gasteiger partial charge in [0.2, 0.25) is 0 Å². The molecule has 2 aliphatic heterocycles. The van der Waals surface area contributed by atoms with Crippen LogP contribution >= 0.6 is 24.0 Å². The molecule has 2 saturated heterocycles. The van der Waals surface area contributed by atoms with Crippen LogP contribution in [0.4, 0.5) is 0 Å². The number of halogens is 1. The third-order valence-electron chi connectivity index (χ3n) is 6.00. The standard InChI is InChI=1S/C22H35N3O4.HI/c1-3-10-22(11-4-1)28-17-20(29-22)16-25-21(23-12-9-18-8-6-14-26-18)24-15-19-7-2-5-13-27-19;/h6,8,14,19-20H,1-5,7,9-13,15-17H2,(H2,23,24,25);1H. The van der Waals surface area contributed by atoms with Crippen molar-refractivity contribution in [2.45, 2.75) is 75.8 Å². The molecule has 3 aliphatic rings. The summed E-state index contributed by atoms with van der Waals surface area (Å²) in [6, 6.07) is 3.91. The Morgan fingerprint density at radius 2 is 2.00 bits per heavy atom. The Bertz CT molecular complexity index is 628. The van der Waals surface area contributed by atoms with Gasteiger partial charge >= 0.3 is 0 Å². The number of nitrogens with one attached hydrogen (secondary N) is 2. The zero-order valence-corrected chi connectivity index (χ0v) is 20.1. The summed E-state index contributed by atoms with van der Waals surface area (Å²) in [4.78, 5) is 4.79. The monoisotopic (exact) mass is 533 g/mol. The highest BCUT2D eigenvalue weighted by molar-refractivity contribution is 14.0. The van der Waals surface area contributed by atoms with Crippen LogP contribution in [-0.2, 0) is 20.6 Å². The van der Waals surface area contributed by atoms with Gasteiger partial charge in [0.15, 0.2) is 11.7 Å². The zero-order valence-electron chi connectivity index (χ0n) is 17.8. The van der Waals surface area contributed by atoms with Crippen LogP contribution in [0, 0.1) is 0 Å². The van der Waals surface area contributed by atoms with Gasteiger partial charge in [-0.3, -0.25) is 4.99 Å². The van der Waals surface area contributed by atoms with E-state index in [0.29, 0.717) is 13.2 Å². The van der Waals surface area contributed by atoms with E-state index in [1.54, 1.807) is 6.26 Å². The number of furan rings is 1. The van der Waals surface area contributed by atoms with E-state index >= 15 is 0 Å². The van der Waals surface area contributed by atoms with Crippen LogP contribution < -0.4 is 10.6 Å². The number of hydrogen-bond acceptors (Lipinski definition) is 5. The first kappa shape index (κ1) is 23.8. The van der Waals surface area contributed by atoms with Crippen molar-refractivity contribution in [2.75, 3.05) is 32.8 Å². The van der Waals surface area contributed by atoms with Crippen LogP contribution in [0.2, 0.25) is 0 Å². The SMILES string of the molecule is I.c1coc(CCNC(=NCC2COC3(CCCCC3)O2)NCC2CCCCO2)c1. The molecule has 1 spiro atoms. The number of ether oxygens (including phenoxy) is 3. The minimum Gasteiger partial charge on any atom is -0.469 e. The van der Waals surface area contributed by atoms with Crippen molar-refractivity contribution in [2.24, 2.45) is 4.99 Å². The van der Waals surface area contributed by atoms with E-state index in [9.17, 15) is 0 Å². The Morgan fingerprint density at radius 1 is 1.10 bits per heavy atom. The molecule has 1 aromatic rings. The smallest absolute Gasteiger partial charge is 0.191 e. The lowest BCUT2D eigenvalue weighted by molar-refractivity contribution is -0.186. The Labute approximate surface area is 196 Å². The average Bonchev–Trinajstić information content (AvgIpc) is 3.41. The van der Waals surface area contributed by atoms with Crippen molar-refractivity contribution in [3.8, 4) is 0 Å². The summed E-state index contributed by atoms with van der Waals surface area (Å²) in [5, 5.41) is 6.87. The normalized spacial score (nSPS) is 26.3. The maximum atomic E-state index is 6.27. The second-order valence-electron chi connectivity index (χ2n) is 8.34. The summed E-state index contributed by atoms with van der Waals surface area (Å²) in [5.74, 6) is 1.44. The molecule has 1 saturated carbocycles. The van der Waals surface area contributed by atoms with E-state index < -0.39 is 0 Å². The van der Waals surface area contributed by atoms with Gasteiger partial charge in [0, 0.05) is 39.0 Å². The van der Waals surface area contributed by atoms with Crippen molar-refractivity contribution < 1.29 is 18.6 Å². The second-order valence-corrected chi connectivity index (χ2v) is 8.34. The highest BCUT2D eigenvalue weighted by Crippen LogP contribution is 2.37. The molecule has 8 heteroatoms. The predicted octanol–water partition coefficient (Wildman–Crippen LogP) is 3.62. The summed E-state index contributed by atoms with van der Waals surface area (Å²) in [6.07, 6.45) is 12.0. The third kappa shape index (κ3) is 7.10. The van der Waals surface area contributed by atoms with E-state index in [4.69, 9.17) is 23.6 Å². The minimum absolute atomic E-state index is 0. The summed E-state index contributed by atoms with van der Waals surface area (Å²) in [5.41, 5.74) is 0. The van der Waals surface area contributed by atoms with Gasteiger partial charge in [0.25, 0.3) is 0 Å². The highest BCUT2D eigenvalue weighted by atomic mass is 127. The van der Waals surface area contributed by atoms with Crippen LogP contribution in [0.25, 0.3) is 0 Å². The number of nitrogens with zero attached hydrogens (tertiary/aromatic N) is 1. The molecule has 0 amide bonds. The maximum absolute atomic E-state index is 6.27. The van der Waals surface area contributed by atoms with Crippen molar-refractivity contribution >= 4 is 29.9 Å². The second kappa shape index (κ2) is 12.3. The fourth-order valence-electron chi connectivity index (χ4n) is 4.36. The van der Waals surface area contributed by atoms with Crippen molar-refractivity contribution in [1.82, 2.24) is 10.6 Å². The van der Waals surface area contributed by atoms with Crippen molar-refractivity contribution in [3.05, 3.63) is 24.2 Å². The van der Waals surface area contributed by atoms with Gasteiger partial charge in [-0.05, 0) is 44.2 Å². The molecule has 1 aliphatic carbocycles. The molecule has 2 atom stereocenters. The van der Waals surface area contributed by atoms with Crippen LogP contribution in [-0.4, -0.2) is 56.8 Å². The molecule has 3 fully saturated rings. The van der Waals surface area contributed by atoms with E-state index in [1.165, 1.54) is 32.1 Å². The largest absolute Gasteiger partial charge is 0.469 e. The Morgan fingerprint density at radius 3 is 2.77 bits per heavy atom. The molecule has 0 aromatic carbocycles. The molecule has 7 nitrogen and oxygen atoms in total. The molecule has 0 radical (unpaired) electrons. The molecule has 30 heavy (non-hydrogen) atoms.